The molecule has 1 N–H and O–H groups in total. The summed E-state index contributed by atoms with van der Waals surface area (Å²) >= 11 is 6.51. The van der Waals surface area contributed by atoms with E-state index in [0.29, 0.717) is 35.8 Å². The molecule has 3 aromatic carbocycles. The predicted octanol–water partition coefficient (Wildman–Crippen LogP) is 6.20. The molecule has 0 aliphatic carbocycles. The Morgan fingerprint density at radius 1 is 1.09 bits per heavy atom. The molecule has 8 nitrogen and oxygen atoms in total. The second-order valence-corrected chi connectivity index (χ2v) is 17.6. The van der Waals surface area contributed by atoms with Crippen LogP contribution >= 0.6 is 11.6 Å². The van der Waals surface area contributed by atoms with E-state index < -0.39 is 31.6 Å². The molecule has 2 fully saturated rings. The Bertz CT molecular complexity index is 1650. The Kier molecular flexibility index (Phi) is 9.32. The van der Waals surface area contributed by atoms with Gasteiger partial charge in [0.2, 0.25) is 20.2 Å². The summed E-state index contributed by atoms with van der Waals surface area (Å²) in [6, 6.07) is 22.4. The number of carbonyl (C=O) groups is 3. The maximum Gasteiger partial charge on any atom is 0.264 e. The first kappa shape index (κ1) is 33.3. The Balaban J connectivity index is 1.31. The molecule has 3 aromatic rings. The van der Waals surface area contributed by atoms with Gasteiger partial charge in [-0.05, 0) is 61.0 Å². The normalized spacial score (nSPS) is 24.0. The fourth-order valence-corrected chi connectivity index (χ4v) is 10.4. The van der Waals surface area contributed by atoms with Crippen molar-refractivity contribution in [1.82, 2.24) is 4.90 Å². The first-order valence-electron chi connectivity index (χ1n) is 16.2. The molecule has 2 saturated heterocycles. The Hall–Kier alpha value is -3.57. The monoisotopic (exact) mass is 677 g/mol. The van der Waals surface area contributed by atoms with E-state index in [4.69, 9.17) is 16.3 Å². The summed E-state index contributed by atoms with van der Waals surface area (Å²) in [7, 11) is -3.50. The zero-order valence-electron chi connectivity index (χ0n) is 27.0. The van der Waals surface area contributed by atoms with E-state index in [-0.39, 0.29) is 43.8 Å². The van der Waals surface area contributed by atoms with Gasteiger partial charge in [-0.2, -0.15) is 0 Å². The lowest BCUT2D eigenvalue weighted by molar-refractivity contribution is -0.150. The van der Waals surface area contributed by atoms with Gasteiger partial charge >= 0.3 is 0 Å². The summed E-state index contributed by atoms with van der Waals surface area (Å²) in [6.07, 6.45) is 0.404. The summed E-state index contributed by atoms with van der Waals surface area (Å²) in [4.78, 5) is 45.7. The van der Waals surface area contributed by atoms with Crippen molar-refractivity contribution in [3.8, 4) is 0 Å². The highest BCUT2D eigenvalue weighted by Crippen LogP contribution is 2.60. The van der Waals surface area contributed by atoms with Gasteiger partial charge in [-0.3, -0.25) is 14.4 Å². The maximum absolute atomic E-state index is 16.3. The molecule has 0 saturated carbocycles. The van der Waals surface area contributed by atoms with Crippen molar-refractivity contribution in [3.63, 3.8) is 0 Å². The van der Waals surface area contributed by atoms with E-state index in [1.165, 1.54) is 0 Å². The third-order valence-corrected chi connectivity index (χ3v) is 12.6. The molecule has 0 bridgehead atoms. The second-order valence-electron chi connectivity index (χ2n) is 13.4. The quantitative estimate of drug-likeness (QED) is 0.204. The van der Waals surface area contributed by atoms with Crippen LogP contribution in [-0.2, 0) is 37.8 Å². The molecule has 3 heterocycles. The molecule has 11 heteroatoms. The number of ether oxygens (including phenoxy) is 1. The van der Waals surface area contributed by atoms with Gasteiger partial charge in [-0.15, -0.1) is 0 Å². The van der Waals surface area contributed by atoms with Crippen LogP contribution in [0.5, 0.6) is 0 Å². The van der Waals surface area contributed by atoms with Crippen LogP contribution in [0.25, 0.3) is 0 Å². The van der Waals surface area contributed by atoms with Crippen LogP contribution in [0.4, 0.5) is 15.5 Å². The van der Waals surface area contributed by atoms with Crippen molar-refractivity contribution in [1.29, 1.82) is 0 Å². The van der Waals surface area contributed by atoms with Crippen LogP contribution in [0.3, 0.4) is 0 Å². The number of nitrogens with zero attached hydrogens (tertiary/aromatic N) is 3. The van der Waals surface area contributed by atoms with E-state index in [1.807, 2.05) is 61.5 Å². The van der Waals surface area contributed by atoms with Crippen LogP contribution in [0.15, 0.2) is 72.8 Å². The summed E-state index contributed by atoms with van der Waals surface area (Å²) in [5, 5.41) is 10.2. The fourth-order valence-electron chi connectivity index (χ4n) is 7.78. The molecular formula is C36H41ClFN3O5Si. The number of benzene rings is 3. The average Bonchev–Trinajstić information content (AvgIpc) is 3.66. The van der Waals surface area contributed by atoms with Gasteiger partial charge in [-0.25, -0.2) is 0 Å². The zero-order valence-corrected chi connectivity index (χ0v) is 28.8. The van der Waals surface area contributed by atoms with Crippen LogP contribution in [-0.4, -0.2) is 61.9 Å². The molecule has 3 aliphatic heterocycles. The minimum atomic E-state index is -3.50. The van der Waals surface area contributed by atoms with E-state index in [1.54, 1.807) is 46.0 Å². The molecule has 4 atom stereocenters. The minimum Gasteiger partial charge on any atom is -0.395 e. The SMILES string of the molecule is C[C@H]1[C@H]([Si](C)(C)F)[C@@H](CC(=O)N(CCO)Cc2ccccc2)O[C@]12C(=O)N(Cc1ccc(N3CCCC3=O)cc1)c1ccc(Cl)cc12. The van der Waals surface area contributed by atoms with Gasteiger partial charge in [0.25, 0.3) is 5.91 Å². The van der Waals surface area contributed by atoms with Crippen LogP contribution in [0.1, 0.15) is 42.9 Å². The summed E-state index contributed by atoms with van der Waals surface area (Å²) in [5.74, 6) is -1.05. The molecule has 6 rings (SSSR count). The van der Waals surface area contributed by atoms with Gasteiger partial charge < -0.3 is 28.7 Å². The number of aliphatic hydroxyl groups is 1. The van der Waals surface area contributed by atoms with E-state index in [0.717, 1.165) is 23.2 Å². The standard InChI is InChI=1S/C36H41ClFN3O5Si/c1-24-34(47(2,3)38)31(21-33(44)39(18-19-42)22-25-8-5-4-6-9-25)46-36(24)29-20-27(37)13-16-30(29)41(35(36)45)23-26-11-14-28(15-12-26)40-17-7-10-32(40)43/h4-6,8-9,11-16,20,24,31,34,42H,7,10,17-19,21-23H2,1-3H3/t24-,31+,34-,36+/m0/s1. The molecule has 1 spiro atoms. The smallest absolute Gasteiger partial charge is 0.264 e. The highest BCUT2D eigenvalue weighted by Gasteiger charge is 2.67. The molecule has 0 radical (unpaired) electrons. The van der Waals surface area contributed by atoms with Gasteiger partial charge in [0.15, 0.2) is 5.60 Å². The van der Waals surface area contributed by atoms with Crippen LogP contribution in [0.2, 0.25) is 23.7 Å². The lowest BCUT2D eigenvalue weighted by Crippen LogP contribution is -2.45. The highest BCUT2D eigenvalue weighted by molar-refractivity contribution is 6.72. The Labute approximate surface area is 281 Å². The van der Waals surface area contributed by atoms with E-state index in [2.05, 4.69) is 0 Å². The van der Waals surface area contributed by atoms with Gasteiger partial charge in [-0.1, -0.05) is 61.0 Å². The lowest BCUT2D eigenvalue weighted by atomic mass is 9.82. The van der Waals surface area contributed by atoms with E-state index >= 15 is 4.11 Å². The van der Waals surface area contributed by atoms with Crippen LogP contribution < -0.4 is 9.80 Å². The Morgan fingerprint density at radius 2 is 1.81 bits per heavy atom. The van der Waals surface area contributed by atoms with Gasteiger partial charge in [0, 0.05) is 53.8 Å². The third kappa shape index (κ3) is 6.24. The molecule has 0 unspecified atom stereocenters. The molecule has 47 heavy (non-hydrogen) atoms. The number of fused-ring (bicyclic) bond motifs is 2. The number of rotatable bonds is 10. The van der Waals surface area contributed by atoms with Crippen molar-refractivity contribution in [2.75, 3.05) is 29.5 Å². The number of aliphatic hydroxyl groups excluding tert-OH is 1. The van der Waals surface area contributed by atoms with Crippen molar-refractivity contribution in [3.05, 3.63) is 94.5 Å². The second kappa shape index (κ2) is 13.1. The molecule has 0 aromatic heterocycles. The third-order valence-electron chi connectivity index (χ3n) is 9.90. The van der Waals surface area contributed by atoms with Crippen molar-refractivity contribution in [2.24, 2.45) is 5.92 Å². The van der Waals surface area contributed by atoms with E-state index in [9.17, 15) is 19.5 Å². The summed E-state index contributed by atoms with van der Waals surface area (Å²) < 4.78 is 23.1. The zero-order chi connectivity index (χ0) is 33.5. The van der Waals surface area contributed by atoms with Crippen molar-refractivity contribution >= 4 is 49.1 Å². The summed E-state index contributed by atoms with van der Waals surface area (Å²) in [6.45, 7) is 6.20. The molecule has 3 amide bonds. The van der Waals surface area contributed by atoms with Crippen LogP contribution in [0, 0.1) is 5.92 Å². The molecule has 248 valence electrons. The number of hydrogen-bond donors (Lipinski definition) is 1. The number of anilines is 2. The number of halogens is 2. The molecular weight excluding hydrogens is 637 g/mol. The number of hydrogen-bond acceptors (Lipinski definition) is 5. The first-order chi connectivity index (χ1) is 22.4. The number of carbonyl (C=O) groups excluding carboxylic acids is 3. The van der Waals surface area contributed by atoms with Gasteiger partial charge in [0.05, 0.1) is 31.4 Å². The summed E-state index contributed by atoms with van der Waals surface area (Å²) in [5.41, 5.74) is 1.64. The minimum absolute atomic E-state index is 0.106. The fraction of sp³-hybridized carbons (Fsp3) is 0.417. The van der Waals surface area contributed by atoms with Crippen molar-refractivity contribution in [2.45, 2.75) is 69.6 Å². The highest BCUT2D eigenvalue weighted by atomic mass is 35.5. The largest absolute Gasteiger partial charge is 0.395 e. The lowest BCUT2D eigenvalue weighted by Gasteiger charge is -2.31. The van der Waals surface area contributed by atoms with Crippen molar-refractivity contribution < 1.29 is 28.3 Å². The maximum atomic E-state index is 16.3. The first-order valence-corrected chi connectivity index (χ1v) is 19.6. The predicted molar refractivity (Wildman–Crippen MR) is 182 cm³/mol. The Morgan fingerprint density at radius 3 is 2.45 bits per heavy atom. The number of amides is 3. The topological polar surface area (TPSA) is 90.4 Å². The average molecular weight is 678 g/mol. The molecule has 3 aliphatic rings. The van der Waals surface area contributed by atoms with Gasteiger partial charge in [0.1, 0.15) is 0 Å².